The molecule has 1 aliphatic heterocycles. The molecule has 0 spiro atoms. The Morgan fingerprint density at radius 1 is 0.900 bits per heavy atom. The molecule has 4 rings (SSSR count). The average molecular weight is 404 g/mol. The minimum atomic E-state index is 0.0635. The maximum atomic E-state index is 13.2. The average Bonchev–Trinajstić information content (AvgIpc) is 3.06. The van der Waals surface area contributed by atoms with Crippen LogP contribution in [0.1, 0.15) is 38.9 Å². The number of nitrogens with zero attached hydrogens (tertiary/aromatic N) is 1. The third-order valence-electron chi connectivity index (χ3n) is 6.49. The summed E-state index contributed by atoms with van der Waals surface area (Å²) in [7, 11) is 2.24. The Labute approximate surface area is 179 Å². The van der Waals surface area contributed by atoms with E-state index >= 15 is 0 Å². The molecule has 0 bridgehead atoms. The van der Waals surface area contributed by atoms with E-state index in [-0.39, 0.29) is 11.8 Å². The van der Waals surface area contributed by atoms with Crippen LogP contribution in [0.5, 0.6) is 0 Å². The van der Waals surface area contributed by atoms with Gasteiger partial charge in [0.15, 0.2) is 0 Å². The lowest BCUT2D eigenvalue weighted by Gasteiger charge is -2.27. The van der Waals surface area contributed by atoms with Crippen molar-refractivity contribution in [2.45, 2.75) is 19.9 Å². The second-order valence-corrected chi connectivity index (χ2v) is 8.69. The van der Waals surface area contributed by atoms with Crippen molar-refractivity contribution >= 4 is 5.78 Å². The Kier molecular flexibility index (Phi) is 6.16. The molecule has 2 N–H and O–H groups in total. The van der Waals surface area contributed by atoms with Crippen LogP contribution >= 0.6 is 0 Å². The summed E-state index contributed by atoms with van der Waals surface area (Å²) in [5.41, 5.74) is 5.54. The standard InChI is InChI=1S/C26H31N3O/c1-20-18-24(25(30)19-28-16-14-27(3)15-17-28)21(2)29(20)26(22-10-6-4-7-11-22)23-12-8-5-9-13-23/h4-13,18,26H,14-17,19H2,1-3H3/p+2. The zero-order valence-corrected chi connectivity index (χ0v) is 18.3. The number of benzene rings is 2. The van der Waals surface area contributed by atoms with E-state index in [1.54, 1.807) is 4.90 Å². The van der Waals surface area contributed by atoms with Gasteiger partial charge >= 0.3 is 0 Å². The third kappa shape index (κ3) is 4.25. The van der Waals surface area contributed by atoms with E-state index in [1.165, 1.54) is 16.0 Å². The van der Waals surface area contributed by atoms with Gasteiger partial charge in [-0.25, -0.2) is 0 Å². The molecule has 30 heavy (non-hydrogen) atoms. The number of likely N-dealkylation sites (N-methyl/N-ethyl adjacent to an activating group) is 1. The summed E-state index contributed by atoms with van der Waals surface area (Å²) in [4.78, 5) is 16.2. The van der Waals surface area contributed by atoms with Gasteiger partial charge in [-0.15, -0.1) is 0 Å². The van der Waals surface area contributed by atoms with Gasteiger partial charge in [0, 0.05) is 17.0 Å². The van der Waals surface area contributed by atoms with Gasteiger partial charge in [-0.05, 0) is 31.0 Å². The Balaban J connectivity index is 1.68. The number of hydrogen-bond acceptors (Lipinski definition) is 1. The van der Waals surface area contributed by atoms with Gasteiger partial charge in [-0.2, -0.15) is 0 Å². The summed E-state index contributed by atoms with van der Waals surface area (Å²) in [6, 6.07) is 23.3. The van der Waals surface area contributed by atoms with Gasteiger partial charge in [0.05, 0.1) is 13.1 Å². The highest BCUT2D eigenvalue weighted by molar-refractivity contribution is 5.98. The quantitative estimate of drug-likeness (QED) is 0.598. The molecule has 3 aromatic rings. The fraction of sp³-hybridized carbons (Fsp3) is 0.346. The summed E-state index contributed by atoms with van der Waals surface area (Å²) in [5.74, 6) is 0.267. The Hall–Kier alpha value is -2.69. The Morgan fingerprint density at radius 2 is 1.43 bits per heavy atom. The van der Waals surface area contributed by atoms with E-state index in [2.05, 4.69) is 92.2 Å². The number of carbonyl (C=O) groups excluding carboxylic acids is 1. The minimum absolute atomic E-state index is 0.0635. The van der Waals surface area contributed by atoms with Gasteiger partial charge in [0.25, 0.3) is 0 Å². The molecule has 0 aliphatic carbocycles. The van der Waals surface area contributed by atoms with Crippen molar-refractivity contribution in [1.82, 2.24) is 4.57 Å². The van der Waals surface area contributed by atoms with Crippen molar-refractivity contribution < 1.29 is 14.6 Å². The second kappa shape index (κ2) is 8.99. The number of ketones is 1. The van der Waals surface area contributed by atoms with E-state index in [0.29, 0.717) is 6.54 Å². The summed E-state index contributed by atoms with van der Waals surface area (Å²) in [6.45, 7) is 9.26. The molecule has 0 saturated carbocycles. The lowest BCUT2D eigenvalue weighted by molar-refractivity contribution is -0.999. The number of quaternary nitrogens is 2. The van der Waals surface area contributed by atoms with Gasteiger partial charge < -0.3 is 14.4 Å². The van der Waals surface area contributed by atoms with Crippen LogP contribution in [0.2, 0.25) is 0 Å². The molecule has 4 heteroatoms. The predicted molar refractivity (Wildman–Crippen MR) is 121 cm³/mol. The maximum absolute atomic E-state index is 13.2. The molecule has 0 unspecified atom stereocenters. The van der Waals surface area contributed by atoms with Crippen LogP contribution < -0.4 is 9.80 Å². The SMILES string of the molecule is Cc1cc(C(=O)C[NH+]2CC[NH+](C)CC2)c(C)n1C(c1ccccc1)c1ccccc1. The van der Waals surface area contributed by atoms with Crippen molar-refractivity contribution in [2.24, 2.45) is 0 Å². The van der Waals surface area contributed by atoms with Crippen LogP contribution in [0.25, 0.3) is 0 Å². The first-order valence-electron chi connectivity index (χ1n) is 11.0. The first-order valence-corrected chi connectivity index (χ1v) is 11.0. The van der Waals surface area contributed by atoms with E-state index in [4.69, 9.17) is 0 Å². The molecule has 2 heterocycles. The normalized spacial score (nSPS) is 19.2. The van der Waals surface area contributed by atoms with E-state index < -0.39 is 0 Å². The van der Waals surface area contributed by atoms with Crippen molar-refractivity contribution in [1.29, 1.82) is 0 Å². The molecule has 1 aromatic heterocycles. The lowest BCUT2D eigenvalue weighted by atomic mass is 9.98. The minimum Gasteiger partial charge on any atom is -0.337 e. The first kappa shape index (κ1) is 20.6. The van der Waals surface area contributed by atoms with Crippen LogP contribution in [-0.4, -0.2) is 50.1 Å². The number of nitrogens with one attached hydrogen (secondary N) is 2. The third-order valence-corrected chi connectivity index (χ3v) is 6.49. The van der Waals surface area contributed by atoms with Gasteiger partial charge in [-0.1, -0.05) is 60.7 Å². The molecule has 4 nitrogen and oxygen atoms in total. The molecule has 2 aromatic carbocycles. The number of Topliss-reactive ketones (excluding diaryl/α,β-unsaturated/α-hetero) is 1. The summed E-state index contributed by atoms with van der Waals surface area (Å²) >= 11 is 0. The van der Waals surface area contributed by atoms with E-state index in [1.807, 2.05) is 0 Å². The summed E-state index contributed by atoms with van der Waals surface area (Å²) in [6.07, 6.45) is 0. The van der Waals surface area contributed by atoms with Crippen LogP contribution in [0.3, 0.4) is 0 Å². The van der Waals surface area contributed by atoms with Crippen LogP contribution in [0, 0.1) is 13.8 Å². The number of carbonyl (C=O) groups is 1. The lowest BCUT2D eigenvalue weighted by Crippen LogP contribution is -3.27. The number of aryl methyl sites for hydroxylation is 1. The van der Waals surface area contributed by atoms with Gasteiger partial charge in [-0.3, -0.25) is 4.79 Å². The van der Waals surface area contributed by atoms with E-state index in [9.17, 15) is 4.79 Å². The van der Waals surface area contributed by atoms with Crippen molar-refractivity contribution in [3.8, 4) is 0 Å². The molecule has 0 amide bonds. The fourth-order valence-corrected chi connectivity index (χ4v) is 4.75. The van der Waals surface area contributed by atoms with Crippen molar-refractivity contribution in [3.63, 3.8) is 0 Å². The monoisotopic (exact) mass is 403 g/mol. The predicted octanol–water partition coefficient (Wildman–Crippen LogP) is 1.34. The first-order chi connectivity index (χ1) is 14.5. The van der Waals surface area contributed by atoms with Crippen molar-refractivity contribution in [3.05, 3.63) is 94.8 Å². The number of rotatable bonds is 6. The zero-order chi connectivity index (χ0) is 21.1. The Bertz CT molecular complexity index is 946. The topological polar surface area (TPSA) is 30.9 Å². The van der Waals surface area contributed by atoms with Gasteiger partial charge in [0.1, 0.15) is 32.7 Å². The highest BCUT2D eigenvalue weighted by Crippen LogP contribution is 2.31. The molecule has 1 fully saturated rings. The molecule has 1 saturated heterocycles. The fourth-order valence-electron chi connectivity index (χ4n) is 4.75. The Morgan fingerprint density at radius 3 is 1.97 bits per heavy atom. The molecule has 156 valence electrons. The highest BCUT2D eigenvalue weighted by atomic mass is 16.1. The molecule has 1 aliphatic rings. The van der Waals surface area contributed by atoms with Crippen LogP contribution in [-0.2, 0) is 0 Å². The summed E-state index contributed by atoms with van der Waals surface area (Å²) in [5, 5.41) is 0. The molecule has 0 radical (unpaired) electrons. The number of piperazine rings is 1. The largest absolute Gasteiger partial charge is 0.337 e. The summed E-state index contributed by atoms with van der Waals surface area (Å²) < 4.78 is 2.33. The molecular weight excluding hydrogens is 370 g/mol. The number of hydrogen-bond donors (Lipinski definition) is 2. The number of aromatic nitrogens is 1. The van der Waals surface area contributed by atoms with Crippen LogP contribution in [0.15, 0.2) is 66.7 Å². The van der Waals surface area contributed by atoms with Gasteiger partial charge in [0.2, 0.25) is 5.78 Å². The second-order valence-electron chi connectivity index (χ2n) is 8.69. The highest BCUT2D eigenvalue weighted by Gasteiger charge is 2.27. The zero-order valence-electron chi connectivity index (χ0n) is 18.3. The maximum Gasteiger partial charge on any atom is 0.218 e. The van der Waals surface area contributed by atoms with Crippen LogP contribution in [0.4, 0.5) is 0 Å². The smallest absolute Gasteiger partial charge is 0.218 e. The van der Waals surface area contributed by atoms with Crippen molar-refractivity contribution in [2.75, 3.05) is 39.8 Å². The molecule has 0 atom stereocenters. The van der Waals surface area contributed by atoms with E-state index in [0.717, 1.165) is 43.1 Å². The molecular formula is C26H33N3O+2.